The number of aliphatic carboxylic acids is 1. The second-order valence-electron chi connectivity index (χ2n) is 4.48. The Bertz CT molecular complexity index is 209. The molecule has 15 heavy (non-hydrogen) atoms. The summed E-state index contributed by atoms with van der Waals surface area (Å²) in [6.07, 6.45) is 3.10. The number of nitrogens with one attached hydrogen (secondary N) is 1. The molecule has 0 aromatic heterocycles. The van der Waals surface area contributed by atoms with Gasteiger partial charge in [0, 0.05) is 6.54 Å². The van der Waals surface area contributed by atoms with E-state index >= 15 is 0 Å². The minimum atomic E-state index is -0.735. The van der Waals surface area contributed by atoms with E-state index in [0.29, 0.717) is 12.3 Å². The topological polar surface area (TPSA) is 52.6 Å². The number of rotatable bonds is 5. The predicted octanol–water partition coefficient (Wildman–Crippen LogP) is 0.781. The lowest BCUT2D eigenvalue weighted by molar-refractivity contribution is -0.139. The van der Waals surface area contributed by atoms with Gasteiger partial charge in [0.25, 0.3) is 0 Å². The van der Waals surface area contributed by atoms with Crippen LogP contribution in [0, 0.1) is 5.92 Å². The Morgan fingerprint density at radius 2 is 2.40 bits per heavy atom. The molecular formula is C11H22N2O2. The number of hydrogen-bond donors (Lipinski definition) is 2. The fraction of sp³-hybridized carbons (Fsp3) is 0.909. The van der Waals surface area contributed by atoms with Crippen LogP contribution in [0.3, 0.4) is 0 Å². The van der Waals surface area contributed by atoms with Crippen molar-refractivity contribution < 1.29 is 9.90 Å². The summed E-state index contributed by atoms with van der Waals surface area (Å²) in [5.74, 6) is -0.126. The number of nitrogens with zero attached hydrogens (tertiary/aromatic N) is 1. The highest BCUT2D eigenvalue weighted by molar-refractivity contribution is 5.73. The Hall–Kier alpha value is -0.610. The van der Waals surface area contributed by atoms with Gasteiger partial charge in [-0.1, -0.05) is 6.92 Å². The third-order valence-corrected chi connectivity index (χ3v) is 3.08. The monoisotopic (exact) mass is 214 g/mol. The Balaban J connectivity index is 2.26. The first-order valence-electron chi connectivity index (χ1n) is 5.78. The lowest BCUT2D eigenvalue weighted by Gasteiger charge is -2.30. The molecule has 4 heteroatoms. The molecule has 0 radical (unpaired) electrons. The summed E-state index contributed by atoms with van der Waals surface area (Å²) in [7, 11) is 2.13. The van der Waals surface area contributed by atoms with Crippen LogP contribution in [-0.2, 0) is 4.79 Å². The van der Waals surface area contributed by atoms with Crippen LogP contribution < -0.4 is 5.32 Å². The Morgan fingerprint density at radius 3 is 2.93 bits per heavy atom. The van der Waals surface area contributed by atoms with Crippen molar-refractivity contribution in [2.24, 2.45) is 5.92 Å². The molecule has 0 aromatic carbocycles. The Morgan fingerprint density at radius 1 is 1.67 bits per heavy atom. The Kier molecular flexibility index (Phi) is 5.05. The van der Waals surface area contributed by atoms with Crippen LogP contribution in [0.1, 0.15) is 26.2 Å². The van der Waals surface area contributed by atoms with Gasteiger partial charge in [-0.05, 0) is 45.3 Å². The maximum absolute atomic E-state index is 10.8. The van der Waals surface area contributed by atoms with Crippen LogP contribution in [0.25, 0.3) is 0 Å². The Labute approximate surface area is 91.6 Å². The predicted molar refractivity (Wildman–Crippen MR) is 59.9 cm³/mol. The van der Waals surface area contributed by atoms with Crippen molar-refractivity contribution in [1.82, 2.24) is 10.2 Å². The molecule has 2 N–H and O–H groups in total. The van der Waals surface area contributed by atoms with Gasteiger partial charge in [0.15, 0.2) is 0 Å². The zero-order valence-electron chi connectivity index (χ0n) is 9.70. The molecule has 1 fully saturated rings. The molecule has 1 rings (SSSR count). The van der Waals surface area contributed by atoms with E-state index in [4.69, 9.17) is 5.11 Å². The van der Waals surface area contributed by atoms with Gasteiger partial charge in [-0.2, -0.15) is 0 Å². The largest absolute Gasteiger partial charge is 0.480 e. The summed E-state index contributed by atoms with van der Waals surface area (Å²) in [4.78, 5) is 13.1. The van der Waals surface area contributed by atoms with Crippen LogP contribution in [0.15, 0.2) is 0 Å². The van der Waals surface area contributed by atoms with E-state index in [9.17, 15) is 4.79 Å². The lowest BCUT2D eigenvalue weighted by Crippen LogP contribution is -2.43. The molecule has 0 bridgehead atoms. The first-order valence-corrected chi connectivity index (χ1v) is 5.78. The van der Waals surface area contributed by atoms with Crippen molar-refractivity contribution in [3.63, 3.8) is 0 Å². The number of carbonyl (C=O) groups is 1. The highest BCUT2D eigenvalue weighted by atomic mass is 16.4. The summed E-state index contributed by atoms with van der Waals surface area (Å²) < 4.78 is 0. The minimum absolute atomic E-state index is 0.378. The van der Waals surface area contributed by atoms with Crippen LogP contribution in [0.2, 0.25) is 0 Å². The van der Waals surface area contributed by atoms with Crippen molar-refractivity contribution in [1.29, 1.82) is 0 Å². The molecule has 0 spiro atoms. The highest BCUT2D eigenvalue weighted by Crippen LogP contribution is 2.14. The number of hydrogen-bond acceptors (Lipinski definition) is 3. The lowest BCUT2D eigenvalue weighted by atomic mass is 9.98. The third-order valence-electron chi connectivity index (χ3n) is 3.08. The van der Waals surface area contributed by atoms with Crippen molar-refractivity contribution in [3.8, 4) is 0 Å². The molecule has 1 saturated heterocycles. The molecule has 1 aliphatic heterocycles. The fourth-order valence-electron chi connectivity index (χ4n) is 2.16. The number of carboxylic acid groups (broad SMARTS) is 1. The van der Waals surface area contributed by atoms with E-state index in [1.54, 1.807) is 0 Å². The normalized spacial score (nSPS) is 25.1. The van der Waals surface area contributed by atoms with Gasteiger partial charge >= 0.3 is 5.97 Å². The van der Waals surface area contributed by atoms with Gasteiger partial charge in [-0.25, -0.2) is 0 Å². The molecule has 0 amide bonds. The highest BCUT2D eigenvalue weighted by Gasteiger charge is 2.20. The van der Waals surface area contributed by atoms with Gasteiger partial charge < -0.3 is 15.3 Å². The van der Waals surface area contributed by atoms with Crippen molar-refractivity contribution in [2.75, 3.05) is 26.7 Å². The minimum Gasteiger partial charge on any atom is -0.480 e. The molecule has 88 valence electrons. The van der Waals surface area contributed by atoms with Crippen molar-refractivity contribution >= 4 is 5.97 Å². The molecule has 4 nitrogen and oxygen atoms in total. The summed E-state index contributed by atoms with van der Waals surface area (Å²) in [6.45, 7) is 4.99. The van der Waals surface area contributed by atoms with E-state index in [-0.39, 0.29) is 6.04 Å². The van der Waals surface area contributed by atoms with Crippen LogP contribution >= 0.6 is 0 Å². The number of piperidine rings is 1. The van der Waals surface area contributed by atoms with Crippen LogP contribution in [0.4, 0.5) is 0 Å². The first-order chi connectivity index (χ1) is 7.13. The standard InChI is InChI=1S/C11H22N2O2/c1-3-10(11(14)15)12-7-9-5-4-6-13(2)8-9/h9-10,12H,3-8H2,1-2H3,(H,14,15). The van der Waals surface area contributed by atoms with Crippen molar-refractivity contribution in [2.45, 2.75) is 32.2 Å². The van der Waals surface area contributed by atoms with Gasteiger partial charge in [0.05, 0.1) is 0 Å². The molecule has 0 aliphatic carbocycles. The molecule has 0 aromatic rings. The zero-order chi connectivity index (χ0) is 11.3. The maximum Gasteiger partial charge on any atom is 0.320 e. The van der Waals surface area contributed by atoms with E-state index in [2.05, 4.69) is 17.3 Å². The van der Waals surface area contributed by atoms with Gasteiger partial charge in [0.2, 0.25) is 0 Å². The quantitative estimate of drug-likeness (QED) is 0.710. The summed E-state index contributed by atoms with van der Waals surface area (Å²) in [5, 5.41) is 12.0. The SMILES string of the molecule is CCC(NCC1CCCN(C)C1)C(=O)O. The second kappa shape index (κ2) is 6.08. The van der Waals surface area contributed by atoms with E-state index in [1.807, 2.05) is 6.92 Å². The molecule has 1 heterocycles. The molecule has 2 atom stereocenters. The molecule has 2 unspecified atom stereocenters. The van der Waals surface area contributed by atoms with E-state index < -0.39 is 5.97 Å². The van der Waals surface area contributed by atoms with Crippen LogP contribution in [-0.4, -0.2) is 48.7 Å². The maximum atomic E-state index is 10.8. The van der Waals surface area contributed by atoms with Gasteiger partial charge in [-0.15, -0.1) is 0 Å². The molecular weight excluding hydrogens is 192 g/mol. The number of carboxylic acids is 1. The number of likely N-dealkylation sites (tertiary alicyclic amines) is 1. The molecule has 0 saturated carbocycles. The first kappa shape index (κ1) is 12.5. The van der Waals surface area contributed by atoms with E-state index in [0.717, 1.165) is 13.1 Å². The van der Waals surface area contributed by atoms with Gasteiger partial charge in [0.1, 0.15) is 6.04 Å². The average Bonchev–Trinajstić information content (AvgIpc) is 2.18. The third kappa shape index (κ3) is 4.18. The summed E-state index contributed by atoms with van der Waals surface area (Å²) >= 11 is 0. The van der Waals surface area contributed by atoms with Gasteiger partial charge in [-0.3, -0.25) is 4.79 Å². The fourth-order valence-corrected chi connectivity index (χ4v) is 2.16. The van der Waals surface area contributed by atoms with E-state index in [1.165, 1.54) is 19.4 Å². The molecule has 1 aliphatic rings. The smallest absolute Gasteiger partial charge is 0.320 e. The summed E-state index contributed by atoms with van der Waals surface area (Å²) in [6, 6.07) is -0.378. The summed E-state index contributed by atoms with van der Waals surface area (Å²) in [5.41, 5.74) is 0. The second-order valence-corrected chi connectivity index (χ2v) is 4.48. The van der Waals surface area contributed by atoms with Crippen molar-refractivity contribution in [3.05, 3.63) is 0 Å². The zero-order valence-corrected chi connectivity index (χ0v) is 9.70. The average molecular weight is 214 g/mol. The van der Waals surface area contributed by atoms with Crippen LogP contribution in [0.5, 0.6) is 0 Å².